The van der Waals surface area contributed by atoms with Crippen molar-refractivity contribution in [3.63, 3.8) is 0 Å². The van der Waals surface area contributed by atoms with Gasteiger partial charge >= 0.3 is 0 Å². The summed E-state index contributed by atoms with van der Waals surface area (Å²) in [7, 11) is 0. The molecule has 1 saturated heterocycles. The fourth-order valence-corrected chi connectivity index (χ4v) is 2.02. The van der Waals surface area contributed by atoms with Gasteiger partial charge in [-0.05, 0) is 40.0 Å². The van der Waals surface area contributed by atoms with Gasteiger partial charge in [-0.15, -0.1) is 0 Å². The molecule has 0 aliphatic carbocycles. The van der Waals surface area contributed by atoms with E-state index in [1.165, 1.54) is 0 Å². The fourth-order valence-electron chi connectivity index (χ4n) is 2.02. The predicted octanol–water partition coefficient (Wildman–Crippen LogP) is 2.01. The van der Waals surface area contributed by atoms with Gasteiger partial charge in [0.15, 0.2) is 0 Å². The Kier molecular flexibility index (Phi) is 3.68. The molecule has 0 aromatic carbocycles. The number of hydrogen-bond acceptors (Lipinski definition) is 2. The maximum absolute atomic E-state index is 12.4. The third-order valence-electron chi connectivity index (χ3n) is 4.30. The summed E-state index contributed by atoms with van der Waals surface area (Å²) in [5, 5.41) is 0. The van der Waals surface area contributed by atoms with Gasteiger partial charge in [0, 0.05) is 18.6 Å². The molecular formula is C13H26N2O. The topological polar surface area (TPSA) is 46.3 Å². The lowest BCUT2D eigenvalue weighted by atomic mass is 9.74. The number of nitrogens with zero attached hydrogens (tertiary/aromatic N) is 1. The first-order valence-electron chi connectivity index (χ1n) is 6.28. The van der Waals surface area contributed by atoms with Gasteiger partial charge < -0.3 is 10.6 Å². The molecule has 16 heavy (non-hydrogen) atoms. The average Bonchev–Trinajstić information content (AvgIpc) is 2.62. The largest absolute Gasteiger partial charge is 0.342 e. The Morgan fingerprint density at radius 1 is 1.38 bits per heavy atom. The average molecular weight is 226 g/mol. The summed E-state index contributed by atoms with van der Waals surface area (Å²) in [5.74, 6) is 0.886. The number of carbonyl (C=O) groups excluding carboxylic acids is 1. The quantitative estimate of drug-likeness (QED) is 0.800. The molecule has 1 aliphatic rings. The summed E-state index contributed by atoms with van der Waals surface area (Å²) in [6, 6.07) is 0. The Balaban J connectivity index is 2.72. The van der Waals surface area contributed by atoms with E-state index in [0.29, 0.717) is 5.92 Å². The molecule has 3 heteroatoms. The molecule has 0 spiro atoms. The molecule has 3 nitrogen and oxygen atoms in total. The van der Waals surface area contributed by atoms with Crippen LogP contribution in [0.5, 0.6) is 0 Å². The molecule has 1 amide bonds. The van der Waals surface area contributed by atoms with Crippen molar-refractivity contribution in [1.82, 2.24) is 4.90 Å². The van der Waals surface area contributed by atoms with Crippen LogP contribution in [0.4, 0.5) is 0 Å². The number of amides is 1. The lowest BCUT2D eigenvalue weighted by molar-refractivity contribution is -0.142. The van der Waals surface area contributed by atoms with Crippen LogP contribution in [-0.2, 0) is 4.79 Å². The van der Waals surface area contributed by atoms with Crippen LogP contribution < -0.4 is 5.73 Å². The van der Waals surface area contributed by atoms with Crippen molar-refractivity contribution in [2.45, 2.75) is 53.0 Å². The maximum atomic E-state index is 12.4. The molecule has 1 rings (SSSR count). The van der Waals surface area contributed by atoms with Crippen molar-refractivity contribution in [3.8, 4) is 0 Å². The molecule has 0 aromatic rings. The summed E-state index contributed by atoms with van der Waals surface area (Å²) in [6.45, 7) is 11.8. The molecule has 0 radical (unpaired) electrons. The van der Waals surface area contributed by atoms with Gasteiger partial charge in [0.05, 0.1) is 5.41 Å². The molecule has 0 aromatic heterocycles. The minimum absolute atomic E-state index is 0.205. The van der Waals surface area contributed by atoms with E-state index >= 15 is 0 Å². The number of hydrogen-bond donors (Lipinski definition) is 1. The van der Waals surface area contributed by atoms with Crippen molar-refractivity contribution < 1.29 is 4.79 Å². The minimum Gasteiger partial charge on any atom is -0.342 e. The van der Waals surface area contributed by atoms with Crippen LogP contribution >= 0.6 is 0 Å². The third kappa shape index (κ3) is 2.40. The number of rotatable bonds is 3. The van der Waals surface area contributed by atoms with E-state index in [9.17, 15) is 4.79 Å². The predicted molar refractivity (Wildman–Crippen MR) is 67.0 cm³/mol. The van der Waals surface area contributed by atoms with Crippen LogP contribution in [0.25, 0.3) is 0 Å². The van der Waals surface area contributed by atoms with E-state index in [-0.39, 0.29) is 5.91 Å². The first kappa shape index (κ1) is 13.5. The molecule has 0 saturated carbocycles. The van der Waals surface area contributed by atoms with Crippen molar-refractivity contribution in [2.75, 3.05) is 13.1 Å². The molecule has 0 bridgehead atoms. The maximum Gasteiger partial charge on any atom is 0.230 e. The van der Waals surface area contributed by atoms with Crippen LogP contribution in [0.1, 0.15) is 47.5 Å². The third-order valence-corrected chi connectivity index (χ3v) is 4.30. The summed E-state index contributed by atoms with van der Waals surface area (Å²) in [4.78, 5) is 14.4. The highest BCUT2D eigenvalue weighted by Gasteiger charge is 2.44. The Morgan fingerprint density at radius 3 is 2.31 bits per heavy atom. The van der Waals surface area contributed by atoms with Gasteiger partial charge in [0.2, 0.25) is 5.91 Å². The van der Waals surface area contributed by atoms with Gasteiger partial charge in [-0.2, -0.15) is 0 Å². The molecule has 1 atom stereocenters. The zero-order valence-electron chi connectivity index (χ0n) is 11.3. The molecule has 2 N–H and O–H groups in total. The van der Waals surface area contributed by atoms with Gasteiger partial charge in [0.25, 0.3) is 0 Å². The lowest BCUT2D eigenvalue weighted by Crippen LogP contribution is -2.56. The second kappa shape index (κ2) is 4.36. The van der Waals surface area contributed by atoms with Crippen LogP contribution in [0.3, 0.4) is 0 Å². The summed E-state index contributed by atoms with van der Waals surface area (Å²) >= 11 is 0. The summed E-state index contributed by atoms with van der Waals surface area (Å²) in [6.07, 6.45) is 2.31. The van der Waals surface area contributed by atoms with Gasteiger partial charge in [-0.25, -0.2) is 0 Å². The smallest absolute Gasteiger partial charge is 0.230 e. The Morgan fingerprint density at radius 2 is 1.94 bits per heavy atom. The Bertz CT molecular complexity index is 266. The van der Waals surface area contributed by atoms with Crippen molar-refractivity contribution in [1.29, 1.82) is 0 Å². The monoisotopic (exact) mass is 226 g/mol. The van der Waals surface area contributed by atoms with Gasteiger partial charge in [-0.1, -0.05) is 13.3 Å². The highest BCUT2D eigenvalue weighted by atomic mass is 16.2. The number of likely N-dealkylation sites (tertiary alicyclic amines) is 1. The SMILES string of the molecule is CCC1CCN(C(=O)C(C)(C)C(C)(C)N)C1. The van der Waals surface area contributed by atoms with E-state index in [0.717, 1.165) is 25.9 Å². The van der Waals surface area contributed by atoms with Gasteiger partial charge in [-0.3, -0.25) is 4.79 Å². The second-order valence-electron chi connectivity index (χ2n) is 6.16. The second-order valence-corrected chi connectivity index (χ2v) is 6.16. The zero-order valence-corrected chi connectivity index (χ0v) is 11.3. The van der Waals surface area contributed by atoms with E-state index < -0.39 is 11.0 Å². The summed E-state index contributed by atoms with van der Waals surface area (Å²) in [5.41, 5.74) is 5.13. The van der Waals surface area contributed by atoms with Crippen molar-refractivity contribution in [2.24, 2.45) is 17.1 Å². The molecule has 1 fully saturated rings. The van der Waals surface area contributed by atoms with E-state index in [1.807, 2.05) is 32.6 Å². The standard InChI is InChI=1S/C13H26N2O/c1-6-10-7-8-15(9-10)11(16)12(2,3)13(4,5)14/h10H,6-9,14H2,1-5H3. The van der Waals surface area contributed by atoms with Crippen LogP contribution in [0.2, 0.25) is 0 Å². The lowest BCUT2D eigenvalue weighted by Gasteiger charge is -2.39. The van der Waals surface area contributed by atoms with E-state index in [4.69, 9.17) is 5.73 Å². The van der Waals surface area contributed by atoms with Gasteiger partial charge in [0.1, 0.15) is 0 Å². The molecule has 1 unspecified atom stereocenters. The van der Waals surface area contributed by atoms with E-state index in [2.05, 4.69) is 6.92 Å². The summed E-state index contributed by atoms with van der Waals surface area (Å²) < 4.78 is 0. The van der Waals surface area contributed by atoms with Crippen molar-refractivity contribution in [3.05, 3.63) is 0 Å². The fraction of sp³-hybridized carbons (Fsp3) is 0.923. The minimum atomic E-state index is -0.490. The van der Waals surface area contributed by atoms with Crippen LogP contribution in [0.15, 0.2) is 0 Å². The van der Waals surface area contributed by atoms with E-state index in [1.54, 1.807) is 0 Å². The highest BCUT2D eigenvalue weighted by molar-refractivity contribution is 5.83. The molecular weight excluding hydrogens is 200 g/mol. The van der Waals surface area contributed by atoms with Crippen LogP contribution in [0, 0.1) is 11.3 Å². The Labute approximate surface area is 99.4 Å². The normalized spacial score (nSPS) is 22.6. The first-order valence-corrected chi connectivity index (χ1v) is 6.28. The van der Waals surface area contributed by atoms with Crippen molar-refractivity contribution >= 4 is 5.91 Å². The molecule has 1 aliphatic heterocycles. The molecule has 94 valence electrons. The van der Waals surface area contributed by atoms with Crippen LogP contribution in [-0.4, -0.2) is 29.4 Å². The number of nitrogens with two attached hydrogens (primary N) is 1. The molecule has 1 heterocycles. The number of carbonyl (C=O) groups is 1. The Hall–Kier alpha value is -0.570. The zero-order chi connectivity index (χ0) is 12.6. The first-order chi connectivity index (χ1) is 7.20. The highest BCUT2D eigenvalue weighted by Crippen LogP contribution is 2.33.